The van der Waals surface area contributed by atoms with Gasteiger partial charge in [0.2, 0.25) is 0 Å². The Morgan fingerprint density at radius 3 is 2.55 bits per heavy atom. The van der Waals surface area contributed by atoms with Crippen molar-refractivity contribution in [2.75, 3.05) is 26.2 Å². The van der Waals surface area contributed by atoms with Crippen molar-refractivity contribution >= 4 is 5.91 Å². The molecule has 1 fully saturated rings. The first-order chi connectivity index (χ1) is 10.5. The van der Waals surface area contributed by atoms with Gasteiger partial charge in [-0.25, -0.2) is 8.78 Å². The summed E-state index contributed by atoms with van der Waals surface area (Å²) in [5, 5.41) is 12.3. The molecule has 1 aliphatic heterocycles. The number of β-amino-alcohol motifs (C(OH)–C–C–N with tert-alkyl or cyclic N) is 1. The summed E-state index contributed by atoms with van der Waals surface area (Å²) in [4.78, 5) is 13.9. The van der Waals surface area contributed by atoms with Gasteiger partial charge < -0.3 is 15.3 Å². The molecule has 1 saturated heterocycles. The molecule has 22 heavy (non-hydrogen) atoms. The number of carbonyl (C=O) groups is 1. The second-order valence-corrected chi connectivity index (χ2v) is 5.94. The molecule has 0 aromatic heterocycles. The van der Waals surface area contributed by atoms with Gasteiger partial charge in [0, 0.05) is 13.1 Å². The summed E-state index contributed by atoms with van der Waals surface area (Å²) in [6.07, 6.45) is 1.44. The highest BCUT2D eigenvalue weighted by Gasteiger charge is 2.20. The van der Waals surface area contributed by atoms with E-state index in [0.29, 0.717) is 12.5 Å². The second kappa shape index (κ2) is 7.65. The number of carbonyl (C=O) groups excluding carboxylic acids is 1. The van der Waals surface area contributed by atoms with Gasteiger partial charge >= 0.3 is 0 Å². The third-order valence-electron chi connectivity index (χ3n) is 4.03. The number of amides is 1. The van der Waals surface area contributed by atoms with Gasteiger partial charge in [0.25, 0.3) is 5.91 Å². The Morgan fingerprint density at radius 1 is 1.36 bits per heavy atom. The monoisotopic (exact) mass is 312 g/mol. The minimum Gasteiger partial charge on any atom is -0.390 e. The van der Waals surface area contributed by atoms with Crippen molar-refractivity contribution in [1.29, 1.82) is 0 Å². The zero-order chi connectivity index (χ0) is 16.1. The Bertz CT molecular complexity index is 497. The second-order valence-electron chi connectivity index (χ2n) is 5.94. The van der Waals surface area contributed by atoms with Crippen LogP contribution in [0.25, 0.3) is 0 Å². The van der Waals surface area contributed by atoms with E-state index in [1.165, 1.54) is 6.07 Å². The van der Waals surface area contributed by atoms with Gasteiger partial charge in [-0.3, -0.25) is 4.79 Å². The molecule has 0 radical (unpaired) electrons. The van der Waals surface area contributed by atoms with Crippen LogP contribution in [0, 0.1) is 17.6 Å². The van der Waals surface area contributed by atoms with Gasteiger partial charge in [0.05, 0.1) is 6.10 Å². The number of halogens is 2. The SMILES string of the molecule is CC1CCN(CC(O)CNC(=O)c2c(F)cccc2F)CC1. The van der Waals surface area contributed by atoms with Crippen LogP contribution in [-0.2, 0) is 0 Å². The van der Waals surface area contributed by atoms with E-state index in [-0.39, 0.29) is 6.54 Å². The number of benzene rings is 1. The van der Waals surface area contributed by atoms with Crippen LogP contribution in [0.3, 0.4) is 0 Å². The van der Waals surface area contributed by atoms with Crippen LogP contribution in [0.15, 0.2) is 18.2 Å². The lowest BCUT2D eigenvalue weighted by Crippen LogP contribution is -2.43. The van der Waals surface area contributed by atoms with E-state index in [1.807, 2.05) is 0 Å². The fourth-order valence-corrected chi connectivity index (χ4v) is 2.62. The van der Waals surface area contributed by atoms with Gasteiger partial charge in [0.1, 0.15) is 17.2 Å². The topological polar surface area (TPSA) is 52.6 Å². The maximum Gasteiger partial charge on any atom is 0.257 e. The van der Waals surface area contributed by atoms with Crippen molar-refractivity contribution < 1.29 is 18.7 Å². The fraction of sp³-hybridized carbons (Fsp3) is 0.562. The molecule has 1 amide bonds. The Hall–Kier alpha value is -1.53. The average molecular weight is 312 g/mol. The Balaban J connectivity index is 1.81. The molecule has 4 nitrogen and oxygen atoms in total. The molecular formula is C16H22F2N2O2. The van der Waals surface area contributed by atoms with E-state index in [0.717, 1.165) is 38.1 Å². The van der Waals surface area contributed by atoms with E-state index in [2.05, 4.69) is 17.1 Å². The number of hydrogen-bond acceptors (Lipinski definition) is 3. The highest BCUT2D eigenvalue weighted by Crippen LogP contribution is 2.16. The molecule has 1 aromatic carbocycles. The number of nitrogens with one attached hydrogen (secondary N) is 1. The third-order valence-corrected chi connectivity index (χ3v) is 4.03. The largest absolute Gasteiger partial charge is 0.390 e. The molecule has 0 bridgehead atoms. The van der Waals surface area contributed by atoms with E-state index in [9.17, 15) is 18.7 Å². The third kappa shape index (κ3) is 4.48. The summed E-state index contributed by atoms with van der Waals surface area (Å²) < 4.78 is 26.9. The van der Waals surface area contributed by atoms with Crippen molar-refractivity contribution in [3.63, 3.8) is 0 Å². The molecule has 1 aliphatic rings. The molecule has 1 aromatic rings. The lowest BCUT2D eigenvalue weighted by atomic mass is 9.99. The minimum absolute atomic E-state index is 0.0291. The van der Waals surface area contributed by atoms with E-state index in [4.69, 9.17) is 0 Å². The lowest BCUT2D eigenvalue weighted by Gasteiger charge is -2.31. The van der Waals surface area contributed by atoms with Crippen LogP contribution in [0.1, 0.15) is 30.1 Å². The Kier molecular flexibility index (Phi) is 5.85. The number of nitrogens with zero attached hydrogens (tertiary/aromatic N) is 1. The van der Waals surface area contributed by atoms with E-state index < -0.39 is 29.2 Å². The summed E-state index contributed by atoms with van der Waals surface area (Å²) >= 11 is 0. The molecule has 2 N–H and O–H groups in total. The number of piperidine rings is 1. The van der Waals surface area contributed by atoms with Gasteiger partial charge in [-0.2, -0.15) is 0 Å². The van der Waals surface area contributed by atoms with E-state index >= 15 is 0 Å². The highest BCUT2D eigenvalue weighted by atomic mass is 19.1. The molecule has 0 aliphatic carbocycles. The lowest BCUT2D eigenvalue weighted by molar-refractivity contribution is 0.0790. The normalized spacial score (nSPS) is 18.2. The van der Waals surface area contributed by atoms with Gasteiger partial charge in [-0.1, -0.05) is 13.0 Å². The number of aliphatic hydroxyl groups excluding tert-OH is 1. The molecular weight excluding hydrogens is 290 g/mol. The maximum atomic E-state index is 13.5. The van der Waals surface area contributed by atoms with Crippen molar-refractivity contribution in [1.82, 2.24) is 10.2 Å². The minimum atomic E-state index is -0.906. The van der Waals surface area contributed by atoms with Gasteiger partial charge in [-0.15, -0.1) is 0 Å². The van der Waals surface area contributed by atoms with Crippen LogP contribution < -0.4 is 5.32 Å². The first-order valence-electron chi connectivity index (χ1n) is 7.60. The molecule has 2 rings (SSSR count). The number of rotatable bonds is 5. The predicted octanol–water partition coefficient (Wildman–Crippen LogP) is 1.79. The van der Waals surface area contributed by atoms with E-state index in [1.54, 1.807) is 0 Å². The first kappa shape index (κ1) is 16.8. The number of likely N-dealkylation sites (tertiary alicyclic amines) is 1. The van der Waals surface area contributed by atoms with Crippen molar-refractivity contribution in [3.8, 4) is 0 Å². The smallest absolute Gasteiger partial charge is 0.257 e. The molecule has 122 valence electrons. The Morgan fingerprint density at radius 2 is 1.95 bits per heavy atom. The fourth-order valence-electron chi connectivity index (χ4n) is 2.62. The molecule has 1 atom stereocenters. The van der Waals surface area contributed by atoms with Gasteiger partial charge in [0.15, 0.2) is 0 Å². The summed E-state index contributed by atoms with van der Waals surface area (Å²) in [6, 6.07) is 3.26. The Labute approximate surface area is 129 Å². The number of hydrogen-bond donors (Lipinski definition) is 2. The molecule has 6 heteroatoms. The quantitative estimate of drug-likeness (QED) is 0.871. The zero-order valence-electron chi connectivity index (χ0n) is 12.7. The average Bonchev–Trinajstić information content (AvgIpc) is 2.47. The van der Waals surface area contributed by atoms with Crippen LogP contribution in [0.2, 0.25) is 0 Å². The van der Waals surface area contributed by atoms with Crippen molar-refractivity contribution in [2.24, 2.45) is 5.92 Å². The van der Waals surface area contributed by atoms with Crippen LogP contribution in [-0.4, -0.2) is 48.2 Å². The summed E-state index contributed by atoms with van der Waals surface area (Å²) in [6.45, 7) is 4.48. The zero-order valence-corrected chi connectivity index (χ0v) is 12.7. The van der Waals surface area contributed by atoms with Crippen LogP contribution in [0.4, 0.5) is 8.78 Å². The predicted molar refractivity (Wildman–Crippen MR) is 79.5 cm³/mol. The van der Waals surface area contributed by atoms with Crippen LogP contribution >= 0.6 is 0 Å². The standard InChI is InChI=1S/C16H22F2N2O2/c1-11-5-7-20(8-6-11)10-12(21)9-19-16(22)15-13(17)3-2-4-14(15)18/h2-4,11-12,21H,5-10H2,1H3,(H,19,22). The number of aliphatic hydroxyl groups is 1. The first-order valence-corrected chi connectivity index (χ1v) is 7.60. The van der Waals surface area contributed by atoms with Crippen LogP contribution in [0.5, 0.6) is 0 Å². The van der Waals surface area contributed by atoms with Crippen molar-refractivity contribution in [2.45, 2.75) is 25.9 Å². The molecule has 0 saturated carbocycles. The summed E-state index contributed by atoms with van der Waals surface area (Å²) in [5.41, 5.74) is -0.610. The summed E-state index contributed by atoms with van der Waals surface area (Å²) in [7, 11) is 0. The maximum absolute atomic E-state index is 13.5. The van der Waals surface area contributed by atoms with Gasteiger partial charge in [-0.05, 0) is 44.0 Å². The molecule has 1 unspecified atom stereocenters. The van der Waals surface area contributed by atoms with Crippen molar-refractivity contribution in [3.05, 3.63) is 35.4 Å². The highest BCUT2D eigenvalue weighted by molar-refractivity contribution is 5.94. The molecule has 0 spiro atoms. The molecule has 1 heterocycles. The summed E-state index contributed by atoms with van der Waals surface area (Å²) in [5.74, 6) is -1.95.